The fourth-order valence-electron chi connectivity index (χ4n) is 1.86. The molecule has 1 aromatic rings. The van der Waals surface area contributed by atoms with Gasteiger partial charge in [0.2, 0.25) is 0 Å². The Morgan fingerprint density at radius 1 is 1.06 bits per heavy atom. The van der Waals surface area contributed by atoms with Crippen LogP contribution >= 0.6 is 0 Å². The van der Waals surface area contributed by atoms with Crippen LogP contribution in [-0.2, 0) is 6.54 Å². The molecule has 4 nitrogen and oxygen atoms in total. The van der Waals surface area contributed by atoms with Crippen LogP contribution < -0.4 is 11.2 Å². The largest absolute Gasteiger partial charge is 0.328 e. The molecule has 1 aromatic heterocycles. The predicted molar refractivity (Wildman–Crippen MR) is 69.3 cm³/mol. The molecule has 0 saturated heterocycles. The lowest BCUT2D eigenvalue weighted by atomic mass is 10.1. The van der Waals surface area contributed by atoms with Crippen molar-refractivity contribution in [1.29, 1.82) is 0 Å². The molecule has 0 fully saturated rings. The molecule has 1 heterocycles. The Labute approximate surface area is 102 Å². The summed E-state index contributed by atoms with van der Waals surface area (Å²) in [5.74, 6) is 0. The Hall–Kier alpha value is -1.32. The number of nitrogens with one attached hydrogen (secondary N) is 1. The van der Waals surface area contributed by atoms with Gasteiger partial charge >= 0.3 is 5.69 Å². The van der Waals surface area contributed by atoms with Gasteiger partial charge in [-0.25, -0.2) is 4.79 Å². The summed E-state index contributed by atoms with van der Waals surface area (Å²) >= 11 is 0. The van der Waals surface area contributed by atoms with Crippen LogP contribution in [0.5, 0.6) is 0 Å². The minimum Gasteiger partial charge on any atom is -0.301 e. The minimum atomic E-state index is -0.328. The highest BCUT2D eigenvalue weighted by Gasteiger charge is 1.96. The van der Waals surface area contributed by atoms with E-state index in [4.69, 9.17) is 0 Å². The van der Waals surface area contributed by atoms with E-state index >= 15 is 0 Å². The van der Waals surface area contributed by atoms with Crippen LogP contribution in [0.3, 0.4) is 0 Å². The van der Waals surface area contributed by atoms with E-state index in [-0.39, 0.29) is 11.2 Å². The van der Waals surface area contributed by atoms with Gasteiger partial charge in [0.05, 0.1) is 0 Å². The molecule has 0 aliphatic rings. The average molecular weight is 238 g/mol. The van der Waals surface area contributed by atoms with Gasteiger partial charge in [-0.05, 0) is 6.42 Å². The van der Waals surface area contributed by atoms with E-state index in [2.05, 4.69) is 11.9 Å². The lowest BCUT2D eigenvalue weighted by Gasteiger charge is -2.04. The molecule has 0 radical (unpaired) electrons. The summed E-state index contributed by atoms with van der Waals surface area (Å²) in [6.07, 6.45) is 10.1. The van der Waals surface area contributed by atoms with Crippen molar-refractivity contribution in [2.75, 3.05) is 0 Å². The number of aromatic nitrogens is 2. The summed E-state index contributed by atoms with van der Waals surface area (Å²) in [5.41, 5.74) is -0.630. The van der Waals surface area contributed by atoms with Gasteiger partial charge in [-0.15, -0.1) is 0 Å². The SMILES string of the molecule is CCCCCCCCCn1ccc(=O)[nH]c1=O. The molecule has 96 valence electrons. The molecule has 0 aliphatic carbocycles. The summed E-state index contributed by atoms with van der Waals surface area (Å²) in [6.45, 7) is 2.91. The number of hydrogen-bond acceptors (Lipinski definition) is 2. The Morgan fingerprint density at radius 2 is 1.71 bits per heavy atom. The number of unbranched alkanes of at least 4 members (excludes halogenated alkanes) is 6. The highest BCUT2D eigenvalue weighted by molar-refractivity contribution is 4.82. The molecule has 0 aromatic carbocycles. The number of rotatable bonds is 8. The molecule has 0 amide bonds. The molecule has 17 heavy (non-hydrogen) atoms. The van der Waals surface area contributed by atoms with E-state index in [0.29, 0.717) is 6.54 Å². The third-order valence-corrected chi connectivity index (χ3v) is 2.90. The summed E-state index contributed by atoms with van der Waals surface area (Å²) in [5, 5.41) is 0. The molecule has 0 aliphatic heterocycles. The number of hydrogen-bond donors (Lipinski definition) is 1. The van der Waals surface area contributed by atoms with Crippen molar-refractivity contribution in [3.05, 3.63) is 33.1 Å². The maximum Gasteiger partial charge on any atom is 0.328 e. The van der Waals surface area contributed by atoms with Crippen LogP contribution in [0.1, 0.15) is 51.9 Å². The third kappa shape index (κ3) is 5.52. The Bertz CT molecular complexity index is 420. The van der Waals surface area contributed by atoms with Gasteiger partial charge in [0.25, 0.3) is 5.56 Å². The van der Waals surface area contributed by atoms with E-state index in [0.717, 1.165) is 12.8 Å². The first-order valence-corrected chi connectivity index (χ1v) is 6.54. The normalized spacial score (nSPS) is 10.6. The van der Waals surface area contributed by atoms with Crippen molar-refractivity contribution in [3.8, 4) is 0 Å². The first-order chi connectivity index (χ1) is 8.24. The maximum absolute atomic E-state index is 11.4. The Kier molecular flexibility index (Phi) is 6.37. The van der Waals surface area contributed by atoms with Crippen molar-refractivity contribution in [1.82, 2.24) is 9.55 Å². The highest BCUT2D eigenvalue weighted by atomic mass is 16.2. The molecule has 0 bridgehead atoms. The standard InChI is InChI=1S/C13H22N2O2/c1-2-3-4-5-6-7-8-10-15-11-9-12(16)14-13(15)17/h9,11H,2-8,10H2,1H3,(H,14,16,17). The second kappa shape index (κ2) is 7.87. The molecule has 0 unspecified atom stereocenters. The van der Waals surface area contributed by atoms with E-state index in [1.54, 1.807) is 10.8 Å². The zero-order chi connectivity index (χ0) is 12.5. The van der Waals surface area contributed by atoms with E-state index < -0.39 is 0 Å². The van der Waals surface area contributed by atoms with Crippen molar-refractivity contribution in [2.24, 2.45) is 0 Å². The molecular weight excluding hydrogens is 216 g/mol. The summed E-state index contributed by atoms with van der Waals surface area (Å²) < 4.78 is 1.56. The van der Waals surface area contributed by atoms with Crippen LogP contribution in [0.15, 0.2) is 21.9 Å². The highest BCUT2D eigenvalue weighted by Crippen LogP contribution is 2.07. The van der Waals surface area contributed by atoms with E-state index in [9.17, 15) is 9.59 Å². The van der Waals surface area contributed by atoms with Crippen molar-refractivity contribution in [3.63, 3.8) is 0 Å². The summed E-state index contributed by atoms with van der Waals surface area (Å²) in [4.78, 5) is 24.5. The molecule has 0 atom stereocenters. The molecule has 0 saturated carbocycles. The fourth-order valence-corrected chi connectivity index (χ4v) is 1.86. The predicted octanol–water partition coefficient (Wildman–Crippen LogP) is 2.29. The molecule has 1 rings (SSSR count). The van der Waals surface area contributed by atoms with Gasteiger partial charge in [-0.3, -0.25) is 9.78 Å². The van der Waals surface area contributed by atoms with Gasteiger partial charge < -0.3 is 4.57 Å². The van der Waals surface area contributed by atoms with Crippen LogP contribution in [0.25, 0.3) is 0 Å². The van der Waals surface area contributed by atoms with Gasteiger partial charge in [0, 0.05) is 18.8 Å². The first-order valence-electron chi connectivity index (χ1n) is 6.54. The van der Waals surface area contributed by atoms with Gasteiger partial charge in [0.1, 0.15) is 0 Å². The maximum atomic E-state index is 11.4. The average Bonchev–Trinajstić information content (AvgIpc) is 2.30. The van der Waals surface area contributed by atoms with Crippen LogP contribution in [0.4, 0.5) is 0 Å². The van der Waals surface area contributed by atoms with Crippen LogP contribution in [0.2, 0.25) is 0 Å². The monoisotopic (exact) mass is 238 g/mol. The van der Waals surface area contributed by atoms with Crippen LogP contribution in [-0.4, -0.2) is 9.55 Å². The van der Waals surface area contributed by atoms with Crippen molar-refractivity contribution >= 4 is 0 Å². The zero-order valence-corrected chi connectivity index (χ0v) is 10.6. The van der Waals surface area contributed by atoms with E-state index in [1.807, 2.05) is 0 Å². The quantitative estimate of drug-likeness (QED) is 0.706. The van der Waals surface area contributed by atoms with Crippen LogP contribution in [0, 0.1) is 0 Å². The van der Waals surface area contributed by atoms with E-state index in [1.165, 1.54) is 38.2 Å². The Balaban J connectivity index is 2.18. The second-order valence-corrected chi connectivity index (χ2v) is 4.42. The molecule has 4 heteroatoms. The lowest BCUT2D eigenvalue weighted by Crippen LogP contribution is -2.28. The van der Waals surface area contributed by atoms with Gasteiger partial charge in [-0.1, -0.05) is 45.4 Å². The molecular formula is C13H22N2O2. The summed E-state index contributed by atoms with van der Waals surface area (Å²) in [6, 6.07) is 1.39. The van der Waals surface area contributed by atoms with Gasteiger partial charge in [-0.2, -0.15) is 0 Å². The zero-order valence-electron chi connectivity index (χ0n) is 10.6. The fraction of sp³-hybridized carbons (Fsp3) is 0.692. The third-order valence-electron chi connectivity index (χ3n) is 2.90. The molecule has 1 N–H and O–H groups in total. The van der Waals surface area contributed by atoms with Crippen molar-refractivity contribution < 1.29 is 0 Å². The number of aromatic amines is 1. The number of nitrogens with zero attached hydrogens (tertiary/aromatic N) is 1. The topological polar surface area (TPSA) is 54.9 Å². The smallest absolute Gasteiger partial charge is 0.301 e. The second-order valence-electron chi connectivity index (χ2n) is 4.42. The van der Waals surface area contributed by atoms with Gasteiger partial charge in [0.15, 0.2) is 0 Å². The first kappa shape index (κ1) is 13.7. The number of H-pyrrole nitrogens is 1. The Morgan fingerprint density at radius 3 is 2.35 bits per heavy atom. The van der Waals surface area contributed by atoms with Crippen molar-refractivity contribution in [2.45, 2.75) is 58.4 Å². The summed E-state index contributed by atoms with van der Waals surface area (Å²) in [7, 11) is 0. The number of aryl methyl sites for hydroxylation is 1. The minimum absolute atomic E-state index is 0.302. The lowest BCUT2D eigenvalue weighted by molar-refractivity contribution is 0.536. The molecule has 0 spiro atoms.